The minimum atomic E-state index is 0.634. The summed E-state index contributed by atoms with van der Waals surface area (Å²) in [6.45, 7) is 7.95. The van der Waals surface area contributed by atoms with Crippen molar-refractivity contribution >= 4 is 11.8 Å². The number of rotatable bonds is 9. The van der Waals surface area contributed by atoms with Gasteiger partial charge in [-0.1, -0.05) is 27.2 Å². The van der Waals surface area contributed by atoms with Crippen LogP contribution in [0.4, 0.5) is 0 Å². The zero-order valence-electron chi connectivity index (χ0n) is 10.3. The highest BCUT2D eigenvalue weighted by Gasteiger charge is 2.07. The lowest BCUT2D eigenvalue weighted by Gasteiger charge is -2.18. The van der Waals surface area contributed by atoms with E-state index in [4.69, 9.17) is 0 Å². The van der Waals surface area contributed by atoms with Crippen LogP contribution in [0.1, 0.15) is 46.5 Å². The molecule has 1 unspecified atom stereocenters. The molecule has 1 atom stereocenters. The SMILES string of the molecule is CCCC(CCCSC)CNC(C)C. The van der Waals surface area contributed by atoms with E-state index in [2.05, 4.69) is 32.3 Å². The standard InChI is InChI=1S/C12H27NS/c1-5-7-12(8-6-9-14-4)10-13-11(2)3/h11-13H,5-10H2,1-4H3. The number of thioether (sulfide) groups is 1. The Bertz CT molecular complexity index is 115. The Morgan fingerprint density at radius 3 is 2.43 bits per heavy atom. The average molecular weight is 217 g/mol. The van der Waals surface area contributed by atoms with E-state index < -0.39 is 0 Å². The number of nitrogens with one attached hydrogen (secondary N) is 1. The van der Waals surface area contributed by atoms with Gasteiger partial charge in [0, 0.05) is 6.04 Å². The van der Waals surface area contributed by atoms with Crippen LogP contribution in [0, 0.1) is 5.92 Å². The zero-order chi connectivity index (χ0) is 10.8. The van der Waals surface area contributed by atoms with E-state index in [1.165, 1.54) is 38.0 Å². The molecule has 0 aromatic rings. The molecule has 0 spiro atoms. The molecule has 0 fully saturated rings. The Morgan fingerprint density at radius 1 is 1.21 bits per heavy atom. The highest BCUT2D eigenvalue weighted by Crippen LogP contribution is 2.14. The van der Waals surface area contributed by atoms with E-state index in [1.54, 1.807) is 0 Å². The van der Waals surface area contributed by atoms with Crippen molar-refractivity contribution in [3.8, 4) is 0 Å². The topological polar surface area (TPSA) is 12.0 Å². The Balaban J connectivity index is 3.54. The second kappa shape index (κ2) is 9.85. The number of hydrogen-bond acceptors (Lipinski definition) is 2. The molecule has 0 aromatic heterocycles. The maximum atomic E-state index is 3.55. The fourth-order valence-corrected chi connectivity index (χ4v) is 2.13. The Hall–Kier alpha value is 0.310. The molecule has 0 heterocycles. The normalized spacial score (nSPS) is 13.5. The first-order valence-electron chi connectivity index (χ1n) is 5.93. The zero-order valence-corrected chi connectivity index (χ0v) is 11.1. The molecule has 0 aliphatic carbocycles. The minimum absolute atomic E-state index is 0.634. The van der Waals surface area contributed by atoms with Gasteiger partial charge in [-0.15, -0.1) is 0 Å². The fourth-order valence-electron chi connectivity index (χ4n) is 1.68. The van der Waals surface area contributed by atoms with Crippen LogP contribution in [0.5, 0.6) is 0 Å². The van der Waals surface area contributed by atoms with Crippen molar-refractivity contribution in [1.29, 1.82) is 0 Å². The molecule has 86 valence electrons. The Morgan fingerprint density at radius 2 is 1.93 bits per heavy atom. The lowest BCUT2D eigenvalue weighted by Crippen LogP contribution is -2.29. The summed E-state index contributed by atoms with van der Waals surface area (Å²) in [6, 6.07) is 0.634. The lowest BCUT2D eigenvalue weighted by atomic mass is 9.98. The van der Waals surface area contributed by atoms with E-state index in [-0.39, 0.29) is 0 Å². The summed E-state index contributed by atoms with van der Waals surface area (Å²) in [6.07, 6.45) is 7.68. The molecule has 1 nitrogen and oxygen atoms in total. The summed E-state index contributed by atoms with van der Waals surface area (Å²) in [5.41, 5.74) is 0. The van der Waals surface area contributed by atoms with Crippen LogP contribution in [-0.2, 0) is 0 Å². The van der Waals surface area contributed by atoms with Gasteiger partial charge in [-0.05, 0) is 43.7 Å². The summed E-state index contributed by atoms with van der Waals surface area (Å²) >= 11 is 1.97. The van der Waals surface area contributed by atoms with Crippen LogP contribution in [0.2, 0.25) is 0 Å². The Kier molecular flexibility index (Phi) is 10.1. The van der Waals surface area contributed by atoms with Gasteiger partial charge in [0.15, 0.2) is 0 Å². The largest absolute Gasteiger partial charge is 0.314 e. The Labute approximate surface area is 94.4 Å². The molecule has 0 amide bonds. The maximum absolute atomic E-state index is 3.55. The first-order chi connectivity index (χ1) is 6.70. The summed E-state index contributed by atoms with van der Waals surface area (Å²) in [5, 5.41) is 3.55. The molecule has 1 N–H and O–H groups in total. The van der Waals surface area contributed by atoms with Gasteiger partial charge in [0.1, 0.15) is 0 Å². The van der Waals surface area contributed by atoms with Gasteiger partial charge in [0.05, 0.1) is 0 Å². The summed E-state index contributed by atoms with van der Waals surface area (Å²) in [7, 11) is 0. The molecule has 0 aromatic carbocycles. The molecular formula is C12H27NS. The second-order valence-electron chi connectivity index (χ2n) is 4.35. The van der Waals surface area contributed by atoms with E-state index in [9.17, 15) is 0 Å². The molecule has 0 rings (SSSR count). The molecular weight excluding hydrogens is 190 g/mol. The van der Waals surface area contributed by atoms with Crippen molar-refractivity contribution in [2.45, 2.75) is 52.5 Å². The van der Waals surface area contributed by atoms with Crippen LogP contribution >= 0.6 is 11.8 Å². The van der Waals surface area contributed by atoms with Crippen molar-refractivity contribution < 1.29 is 0 Å². The second-order valence-corrected chi connectivity index (χ2v) is 5.34. The van der Waals surface area contributed by atoms with Gasteiger partial charge in [-0.25, -0.2) is 0 Å². The van der Waals surface area contributed by atoms with E-state index in [0.717, 1.165) is 5.92 Å². The molecule has 0 saturated heterocycles. The van der Waals surface area contributed by atoms with E-state index in [0.29, 0.717) is 6.04 Å². The minimum Gasteiger partial charge on any atom is -0.314 e. The van der Waals surface area contributed by atoms with Crippen LogP contribution in [0.15, 0.2) is 0 Å². The summed E-state index contributed by atoms with van der Waals surface area (Å²) in [4.78, 5) is 0. The third-order valence-electron chi connectivity index (χ3n) is 2.47. The van der Waals surface area contributed by atoms with Gasteiger partial charge in [0.2, 0.25) is 0 Å². The molecule has 0 saturated carbocycles. The van der Waals surface area contributed by atoms with Crippen LogP contribution in [0.3, 0.4) is 0 Å². The molecule has 0 radical (unpaired) electrons. The predicted octanol–water partition coefficient (Wildman–Crippen LogP) is 3.54. The molecule has 2 heteroatoms. The maximum Gasteiger partial charge on any atom is 0.00104 e. The van der Waals surface area contributed by atoms with Gasteiger partial charge in [-0.3, -0.25) is 0 Å². The van der Waals surface area contributed by atoms with Crippen LogP contribution in [0.25, 0.3) is 0 Å². The van der Waals surface area contributed by atoms with Gasteiger partial charge in [-0.2, -0.15) is 11.8 Å². The molecule has 0 bridgehead atoms. The van der Waals surface area contributed by atoms with Crippen molar-refractivity contribution in [3.63, 3.8) is 0 Å². The van der Waals surface area contributed by atoms with Crippen LogP contribution in [-0.4, -0.2) is 24.6 Å². The molecule has 0 aliphatic rings. The van der Waals surface area contributed by atoms with Gasteiger partial charge >= 0.3 is 0 Å². The highest BCUT2D eigenvalue weighted by atomic mass is 32.2. The molecule has 14 heavy (non-hydrogen) atoms. The van der Waals surface area contributed by atoms with Crippen molar-refractivity contribution in [2.75, 3.05) is 18.6 Å². The van der Waals surface area contributed by atoms with Crippen molar-refractivity contribution in [1.82, 2.24) is 5.32 Å². The van der Waals surface area contributed by atoms with Crippen molar-refractivity contribution in [3.05, 3.63) is 0 Å². The predicted molar refractivity (Wildman–Crippen MR) is 69.2 cm³/mol. The van der Waals surface area contributed by atoms with E-state index >= 15 is 0 Å². The summed E-state index contributed by atoms with van der Waals surface area (Å²) in [5.74, 6) is 2.22. The smallest absolute Gasteiger partial charge is 0.00104 e. The fraction of sp³-hybridized carbons (Fsp3) is 1.00. The first-order valence-corrected chi connectivity index (χ1v) is 7.32. The van der Waals surface area contributed by atoms with Crippen LogP contribution < -0.4 is 5.32 Å². The van der Waals surface area contributed by atoms with E-state index in [1.807, 2.05) is 11.8 Å². The third kappa shape index (κ3) is 8.89. The number of hydrogen-bond donors (Lipinski definition) is 1. The van der Waals surface area contributed by atoms with Gasteiger partial charge < -0.3 is 5.32 Å². The van der Waals surface area contributed by atoms with Gasteiger partial charge in [0.25, 0.3) is 0 Å². The molecule has 0 aliphatic heterocycles. The van der Waals surface area contributed by atoms with Crippen molar-refractivity contribution in [2.24, 2.45) is 5.92 Å². The first kappa shape index (κ1) is 14.3. The average Bonchev–Trinajstić information content (AvgIpc) is 2.14. The third-order valence-corrected chi connectivity index (χ3v) is 3.17. The quantitative estimate of drug-likeness (QED) is 0.593. The summed E-state index contributed by atoms with van der Waals surface area (Å²) < 4.78 is 0. The lowest BCUT2D eigenvalue weighted by molar-refractivity contribution is 0.395. The monoisotopic (exact) mass is 217 g/mol. The highest BCUT2D eigenvalue weighted by molar-refractivity contribution is 7.98.